The van der Waals surface area contributed by atoms with Gasteiger partial charge in [0.05, 0.1) is 10.8 Å². The summed E-state index contributed by atoms with van der Waals surface area (Å²) in [5.74, 6) is 0.185. The predicted octanol–water partition coefficient (Wildman–Crippen LogP) is 27.3. The van der Waals surface area contributed by atoms with E-state index in [4.69, 9.17) is 8.83 Å². The molecular formula is C101H86O2. The van der Waals surface area contributed by atoms with Crippen LogP contribution in [0.1, 0.15) is 186 Å². The number of aryl methyl sites for hydroxylation is 3. The Labute approximate surface area is 606 Å². The molecule has 1 atom stereocenters. The van der Waals surface area contributed by atoms with Crippen molar-refractivity contribution in [2.45, 2.75) is 147 Å². The van der Waals surface area contributed by atoms with Gasteiger partial charge in [-0.3, -0.25) is 0 Å². The molecular weight excluding hydrogens is 1250 g/mol. The fourth-order valence-electron chi connectivity index (χ4n) is 21.5. The first-order chi connectivity index (χ1) is 50.7. The molecule has 2 nitrogen and oxygen atoms in total. The summed E-state index contributed by atoms with van der Waals surface area (Å²) in [5, 5.41) is 4.85. The van der Waals surface area contributed by atoms with Crippen molar-refractivity contribution in [3.63, 3.8) is 0 Å². The van der Waals surface area contributed by atoms with Gasteiger partial charge in [0.25, 0.3) is 0 Å². The fourth-order valence-corrected chi connectivity index (χ4v) is 21.5. The van der Waals surface area contributed by atoms with Crippen LogP contribution in [0.2, 0.25) is 0 Å². The van der Waals surface area contributed by atoms with Crippen molar-refractivity contribution in [3.8, 4) is 66.8 Å². The molecule has 20 rings (SSSR count). The Morgan fingerprint density at radius 2 is 0.767 bits per heavy atom. The van der Waals surface area contributed by atoms with Crippen LogP contribution in [-0.4, -0.2) is 0 Å². The molecule has 0 saturated heterocycles. The second-order valence-electron chi connectivity index (χ2n) is 31.2. The molecule has 13 aromatic carbocycles. The summed E-state index contributed by atoms with van der Waals surface area (Å²) in [4.78, 5) is 0. The van der Waals surface area contributed by atoms with Gasteiger partial charge in [-0.05, 0) is 233 Å². The molecule has 0 saturated carbocycles. The number of unbranched alkanes of at least 4 members (excludes halogenated alkanes) is 8. The van der Waals surface area contributed by atoms with Gasteiger partial charge in [0.1, 0.15) is 22.3 Å². The molecule has 103 heavy (non-hydrogen) atoms. The minimum Gasteiger partial charge on any atom is -0.456 e. The lowest BCUT2D eigenvalue weighted by molar-refractivity contribution is 0.398. The van der Waals surface area contributed by atoms with Crippen molar-refractivity contribution < 1.29 is 8.83 Å². The highest BCUT2D eigenvalue weighted by atomic mass is 16.3. The summed E-state index contributed by atoms with van der Waals surface area (Å²) in [6.45, 7) is 11.8. The number of benzene rings is 13. The largest absolute Gasteiger partial charge is 0.456 e. The number of furan rings is 2. The second kappa shape index (κ2) is 24.0. The average Bonchev–Trinajstić information content (AvgIpc) is 1.50. The molecule has 5 aliphatic rings. The van der Waals surface area contributed by atoms with Crippen molar-refractivity contribution in [1.82, 2.24) is 0 Å². The first-order valence-corrected chi connectivity index (χ1v) is 38.6. The van der Waals surface area contributed by atoms with E-state index in [0.29, 0.717) is 0 Å². The van der Waals surface area contributed by atoms with E-state index in [2.05, 4.69) is 289 Å². The zero-order valence-electron chi connectivity index (χ0n) is 60.0. The minimum atomic E-state index is -0.598. The summed E-state index contributed by atoms with van der Waals surface area (Å²) in [6.07, 6.45) is 16.6. The van der Waals surface area contributed by atoms with Crippen LogP contribution in [-0.2, 0) is 29.1 Å². The average molecular weight is 1330 g/mol. The Hall–Kier alpha value is -10.5. The molecule has 5 aliphatic carbocycles. The van der Waals surface area contributed by atoms with E-state index in [0.717, 1.165) is 53.4 Å². The summed E-state index contributed by atoms with van der Waals surface area (Å²) >= 11 is 0. The Morgan fingerprint density at radius 1 is 0.311 bits per heavy atom. The van der Waals surface area contributed by atoms with Gasteiger partial charge in [-0.2, -0.15) is 0 Å². The van der Waals surface area contributed by atoms with E-state index < -0.39 is 10.8 Å². The lowest BCUT2D eigenvalue weighted by atomic mass is 9.68. The van der Waals surface area contributed by atoms with Crippen LogP contribution in [0, 0.1) is 20.8 Å². The van der Waals surface area contributed by atoms with E-state index in [9.17, 15) is 0 Å². The van der Waals surface area contributed by atoms with Crippen molar-refractivity contribution in [2.24, 2.45) is 0 Å². The normalized spacial score (nSPS) is 14.8. The lowest BCUT2D eigenvalue weighted by Gasteiger charge is -2.34. The van der Waals surface area contributed by atoms with E-state index in [1.807, 2.05) is 0 Å². The molecule has 1 unspecified atom stereocenters. The standard InChI is InChI=1S/C101H86O2/c1-6-8-10-12-29-51-99(52-30-13-11-9-7-2)85-57-65(46-48-74(85)94-89(99)59-77(67-31-15-14-16-32-67)98-97(94)76-38-22-28-44-91(76)103-98)55-68(93-63(4)53-62(3)54-64(93)5)56-66-45-47-73-78-60-88-79(61-87(78)101(86(73)58-66)82-41-25-19-35-71(82)72-36-20-26-42-83(72)101)95-84(49-50-92-96(95)75-37-21-27-43-90(75)102-92)100(88)80-39-23-17-33-69(80)70-34-18-24-40-81(70)100/h14-28,31-50,53-54,57-61,68H,6-13,29-30,51-52,55-56H2,1-5H3. The molecule has 2 aromatic heterocycles. The van der Waals surface area contributed by atoms with Crippen LogP contribution in [0.4, 0.5) is 0 Å². The molecule has 2 heteroatoms. The van der Waals surface area contributed by atoms with Crippen molar-refractivity contribution in [1.29, 1.82) is 0 Å². The number of fused-ring (bicyclic) bond motifs is 31. The quantitative estimate of drug-likeness (QED) is 0.0801. The topological polar surface area (TPSA) is 26.3 Å². The molecule has 502 valence electrons. The van der Waals surface area contributed by atoms with Gasteiger partial charge in [-0.15, -0.1) is 0 Å². The molecule has 0 amide bonds. The summed E-state index contributed by atoms with van der Waals surface area (Å²) < 4.78 is 14.0. The van der Waals surface area contributed by atoms with E-state index in [1.54, 1.807) is 0 Å². The van der Waals surface area contributed by atoms with Crippen LogP contribution >= 0.6 is 0 Å². The van der Waals surface area contributed by atoms with E-state index in [-0.39, 0.29) is 11.3 Å². The van der Waals surface area contributed by atoms with Gasteiger partial charge < -0.3 is 8.83 Å². The molecule has 2 spiro atoms. The first kappa shape index (κ1) is 62.3. The SMILES string of the molecule is CCCCCCCC1(CCCCCCC)c2cc(CC(Cc3ccc4c(c3)C3(c5ccccc5-c5ccccc53)c3cc5c(cc3-4)C3(c4ccccc4-c4ccccc43)c3ccc4oc6ccccc6c4c3-5)c3c(C)cc(C)cc3C)ccc2-c2c1cc(-c1ccccc1)c1oc3ccccc3c21. The maximum atomic E-state index is 7.12. The number of hydrogen-bond donors (Lipinski definition) is 0. The second-order valence-corrected chi connectivity index (χ2v) is 31.2. The van der Waals surface area contributed by atoms with Gasteiger partial charge >= 0.3 is 0 Å². The highest BCUT2D eigenvalue weighted by Gasteiger charge is 2.57. The van der Waals surface area contributed by atoms with Crippen molar-refractivity contribution in [3.05, 3.63) is 344 Å². The number of para-hydroxylation sites is 2. The molecule has 2 heterocycles. The third-order valence-electron chi connectivity index (χ3n) is 25.5. The third kappa shape index (κ3) is 8.92. The number of rotatable bonds is 18. The van der Waals surface area contributed by atoms with Crippen LogP contribution in [0.25, 0.3) is 111 Å². The maximum Gasteiger partial charge on any atom is 0.143 e. The van der Waals surface area contributed by atoms with Gasteiger partial charge in [-0.1, -0.05) is 302 Å². The van der Waals surface area contributed by atoms with Crippen molar-refractivity contribution in [2.75, 3.05) is 0 Å². The van der Waals surface area contributed by atoms with Crippen LogP contribution in [0.15, 0.2) is 264 Å². The highest BCUT2D eigenvalue weighted by molar-refractivity contribution is 6.20. The Kier molecular flexibility index (Phi) is 14.5. The molecule has 0 fully saturated rings. The smallest absolute Gasteiger partial charge is 0.143 e. The third-order valence-corrected chi connectivity index (χ3v) is 25.5. The Balaban J connectivity index is 0.783. The highest BCUT2D eigenvalue weighted by Crippen LogP contribution is 2.70. The zero-order chi connectivity index (χ0) is 68.9. The molecule has 0 bridgehead atoms. The summed E-state index contributed by atoms with van der Waals surface area (Å²) in [6, 6.07) is 99.2. The maximum absolute atomic E-state index is 7.12. The van der Waals surface area contributed by atoms with Crippen molar-refractivity contribution >= 4 is 43.9 Å². The van der Waals surface area contributed by atoms with Crippen LogP contribution in [0.3, 0.4) is 0 Å². The lowest BCUT2D eigenvalue weighted by Crippen LogP contribution is -2.27. The monoisotopic (exact) mass is 1330 g/mol. The van der Waals surface area contributed by atoms with E-state index >= 15 is 0 Å². The molecule has 15 aromatic rings. The van der Waals surface area contributed by atoms with E-state index in [1.165, 1.54) is 236 Å². The zero-order valence-corrected chi connectivity index (χ0v) is 60.0. The fraction of sp³-hybridized carbons (Fsp3) is 0.228. The van der Waals surface area contributed by atoms with Crippen LogP contribution < -0.4 is 0 Å². The Morgan fingerprint density at radius 3 is 1.37 bits per heavy atom. The van der Waals surface area contributed by atoms with Gasteiger partial charge in [0.15, 0.2) is 0 Å². The van der Waals surface area contributed by atoms with Gasteiger partial charge in [-0.25, -0.2) is 0 Å². The van der Waals surface area contributed by atoms with Crippen LogP contribution in [0.5, 0.6) is 0 Å². The molecule has 0 aliphatic heterocycles. The minimum absolute atomic E-state index is 0.164. The summed E-state index contributed by atoms with van der Waals surface area (Å²) in [7, 11) is 0. The number of hydrogen-bond acceptors (Lipinski definition) is 2. The molecule has 0 radical (unpaired) electrons. The summed E-state index contributed by atoms with van der Waals surface area (Å²) in [5.41, 5.74) is 40.5. The Bertz CT molecular complexity index is 5850. The molecule has 0 N–H and O–H groups in total. The first-order valence-electron chi connectivity index (χ1n) is 38.6. The van der Waals surface area contributed by atoms with Gasteiger partial charge in [0, 0.05) is 32.5 Å². The van der Waals surface area contributed by atoms with Gasteiger partial charge in [0.2, 0.25) is 0 Å². The predicted molar refractivity (Wildman–Crippen MR) is 429 cm³/mol.